The molecule has 0 saturated carbocycles. The molecule has 0 radical (unpaired) electrons. The van der Waals surface area contributed by atoms with E-state index in [1.807, 2.05) is 30.3 Å². The minimum atomic E-state index is -1.13. The maximum atomic E-state index is 12.9. The van der Waals surface area contributed by atoms with E-state index >= 15 is 0 Å². The number of aromatic amines is 1. The topological polar surface area (TPSA) is 133 Å². The second-order valence-corrected chi connectivity index (χ2v) is 8.26. The van der Waals surface area contributed by atoms with E-state index in [1.165, 1.54) is 0 Å². The number of benzene rings is 1. The van der Waals surface area contributed by atoms with Gasteiger partial charge in [-0.1, -0.05) is 30.3 Å². The predicted octanol–water partition coefficient (Wildman–Crippen LogP) is 2.44. The highest BCUT2D eigenvalue weighted by Crippen LogP contribution is 2.10. The second kappa shape index (κ2) is 11.1. The maximum Gasteiger partial charge on any atom is 0.408 e. The molecule has 1 aromatic carbocycles. The molecule has 31 heavy (non-hydrogen) atoms. The Hall–Kier alpha value is -3.36. The number of hydrogen-bond donors (Lipinski definition) is 4. The molecule has 9 nitrogen and oxygen atoms in total. The van der Waals surface area contributed by atoms with Crippen molar-refractivity contribution in [2.75, 3.05) is 0 Å². The van der Waals surface area contributed by atoms with Gasteiger partial charge in [-0.2, -0.15) is 0 Å². The van der Waals surface area contributed by atoms with Gasteiger partial charge in [-0.3, -0.25) is 4.79 Å². The molecule has 0 spiro atoms. The monoisotopic (exact) mass is 430 g/mol. The average Bonchev–Trinajstić information content (AvgIpc) is 3.19. The van der Waals surface area contributed by atoms with Crippen LogP contribution in [0.5, 0.6) is 0 Å². The van der Waals surface area contributed by atoms with Crippen LogP contribution in [-0.2, 0) is 27.2 Å². The van der Waals surface area contributed by atoms with Crippen LogP contribution in [0.2, 0.25) is 0 Å². The minimum Gasteiger partial charge on any atom is -0.480 e. The van der Waals surface area contributed by atoms with Crippen molar-refractivity contribution in [3.8, 4) is 0 Å². The second-order valence-electron chi connectivity index (χ2n) is 8.26. The van der Waals surface area contributed by atoms with E-state index in [0.29, 0.717) is 12.8 Å². The summed E-state index contributed by atoms with van der Waals surface area (Å²) in [6.45, 7) is 5.16. The number of aromatic nitrogens is 2. The number of imidazole rings is 1. The number of carboxylic acid groups (broad SMARTS) is 1. The van der Waals surface area contributed by atoms with Crippen LogP contribution in [0.25, 0.3) is 0 Å². The lowest BCUT2D eigenvalue weighted by Gasteiger charge is -2.24. The Morgan fingerprint density at radius 1 is 1.13 bits per heavy atom. The zero-order valence-corrected chi connectivity index (χ0v) is 18.1. The molecule has 0 aliphatic rings. The summed E-state index contributed by atoms with van der Waals surface area (Å²) in [5.41, 5.74) is 0.988. The Balaban J connectivity index is 2.03. The number of aryl methyl sites for hydroxylation is 1. The Morgan fingerprint density at radius 2 is 1.84 bits per heavy atom. The largest absolute Gasteiger partial charge is 0.480 e. The van der Waals surface area contributed by atoms with Crippen molar-refractivity contribution in [1.29, 1.82) is 0 Å². The number of carboxylic acids is 1. The smallest absolute Gasteiger partial charge is 0.408 e. The quantitative estimate of drug-likeness (QED) is 0.457. The van der Waals surface area contributed by atoms with E-state index in [4.69, 9.17) is 4.74 Å². The number of nitrogens with zero attached hydrogens (tertiary/aromatic N) is 1. The molecule has 0 unspecified atom stereocenters. The fourth-order valence-electron chi connectivity index (χ4n) is 2.96. The van der Waals surface area contributed by atoms with Crippen molar-refractivity contribution >= 4 is 18.0 Å². The van der Waals surface area contributed by atoms with Gasteiger partial charge in [0, 0.05) is 18.3 Å². The first-order valence-electron chi connectivity index (χ1n) is 10.2. The molecule has 4 N–H and O–H groups in total. The van der Waals surface area contributed by atoms with Crippen molar-refractivity contribution in [2.45, 2.75) is 64.1 Å². The summed E-state index contributed by atoms with van der Waals surface area (Å²) >= 11 is 0. The number of carbonyl (C=O) groups is 3. The third-order valence-electron chi connectivity index (χ3n) is 4.40. The summed E-state index contributed by atoms with van der Waals surface area (Å²) in [7, 11) is 0. The highest BCUT2D eigenvalue weighted by molar-refractivity contribution is 5.89. The highest BCUT2D eigenvalue weighted by Gasteiger charge is 2.28. The first-order chi connectivity index (χ1) is 14.6. The summed E-state index contributed by atoms with van der Waals surface area (Å²) in [5, 5.41) is 14.7. The molecular weight excluding hydrogens is 400 g/mol. The van der Waals surface area contributed by atoms with Gasteiger partial charge in [0.1, 0.15) is 17.7 Å². The van der Waals surface area contributed by atoms with Crippen LogP contribution in [0, 0.1) is 0 Å². The zero-order chi connectivity index (χ0) is 22.9. The molecule has 168 valence electrons. The molecule has 0 saturated heterocycles. The van der Waals surface area contributed by atoms with E-state index in [2.05, 4.69) is 20.6 Å². The van der Waals surface area contributed by atoms with Crippen LogP contribution >= 0.6 is 0 Å². The van der Waals surface area contributed by atoms with Gasteiger partial charge >= 0.3 is 12.1 Å². The molecule has 2 atom stereocenters. The first kappa shape index (κ1) is 23.9. The molecule has 1 heterocycles. The summed E-state index contributed by atoms with van der Waals surface area (Å²) in [6, 6.07) is 7.10. The molecule has 9 heteroatoms. The maximum absolute atomic E-state index is 12.9. The van der Waals surface area contributed by atoms with Crippen molar-refractivity contribution in [2.24, 2.45) is 0 Å². The molecule has 0 aliphatic carbocycles. The lowest BCUT2D eigenvalue weighted by atomic mass is 10.0. The van der Waals surface area contributed by atoms with Gasteiger partial charge in [-0.05, 0) is 45.6 Å². The van der Waals surface area contributed by atoms with Gasteiger partial charge in [0.2, 0.25) is 5.91 Å². The predicted molar refractivity (Wildman–Crippen MR) is 114 cm³/mol. The van der Waals surface area contributed by atoms with Crippen LogP contribution < -0.4 is 10.6 Å². The third kappa shape index (κ3) is 8.90. The molecule has 0 fully saturated rings. The van der Waals surface area contributed by atoms with Gasteiger partial charge in [-0.15, -0.1) is 0 Å². The number of H-pyrrole nitrogens is 1. The molecule has 2 amide bonds. The SMILES string of the molecule is CC(C)(C)OC(=O)N[C@H](Cc1ccccc1)C(=O)N[C@@H](CCCc1cnc[nH]1)C(=O)O. The van der Waals surface area contributed by atoms with E-state index in [0.717, 1.165) is 11.3 Å². The number of aliphatic carboxylic acids is 1. The van der Waals surface area contributed by atoms with Gasteiger partial charge in [0.05, 0.1) is 6.33 Å². The van der Waals surface area contributed by atoms with Gasteiger partial charge < -0.3 is 25.5 Å². The Kier molecular flexibility index (Phi) is 8.60. The van der Waals surface area contributed by atoms with Gasteiger partial charge in [0.25, 0.3) is 0 Å². The van der Waals surface area contributed by atoms with Crippen LogP contribution in [0.4, 0.5) is 4.79 Å². The van der Waals surface area contributed by atoms with Gasteiger partial charge in [-0.25, -0.2) is 14.6 Å². The fraction of sp³-hybridized carbons (Fsp3) is 0.455. The zero-order valence-electron chi connectivity index (χ0n) is 18.1. The Bertz CT molecular complexity index is 847. The molecular formula is C22H30N4O5. The van der Waals surface area contributed by atoms with Crippen molar-refractivity contribution < 1.29 is 24.2 Å². The number of ether oxygens (including phenoxy) is 1. The summed E-state index contributed by atoms with van der Waals surface area (Å²) < 4.78 is 5.26. The number of rotatable bonds is 10. The van der Waals surface area contributed by atoms with Gasteiger partial charge in [0.15, 0.2) is 0 Å². The molecule has 2 rings (SSSR count). The normalized spacial score (nSPS) is 13.1. The minimum absolute atomic E-state index is 0.201. The molecule has 0 bridgehead atoms. The number of amides is 2. The third-order valence-corrected chi connectivity index (χ3v) is 4.40. The fourth-order valence-corrected chi connectivity index (χ4v) is 2.96. The van der Waals surface area contributed by atoms with E-state index in [1.54, 1.807) is 33.3 Å². The van der Waals surface area contributed by atoms with Crippen LogP contribution in [-0.4, -0.2) is 50.7 Å². The first-order valence-corrected chi connectivity index (χ1v) is 10.2. The number of hydrogen-bond acceptors (Lipinski definition) is 5. The summed E-state index contributed by atoms with van der Waals surface area (Å²) in [4.78, 5) is 43.7. The van der Waals surface area contributed by atoms with Crippen LogP contribution in [0.1, 0.15) is 44.9 Å². The number of nitrogens with one attached hydrogen (secondary N) is 3. The molecule has 2 aromatic rings. The van der Waals surface area contributed by atoms with Crippen LogP contribution in [0.15, 0.2) is 42.9 Å². The van der Waals surface area contributed by atoms with Crippen molar-refractivity contribution in [3.05, 3.63) is 54.1 Å². The highest BCUT2D eigenvalue weighted by atomic mass is 16.6. The summed E-state index contributed by atoms with van der Waals surface area (Å²) in [6.07, 6.45) is 4.09. The molecule has 1 aromatic heterocycles. The number of carbonyl (C=O) groups excluding carboxylic acids is 2. The Labute approximate surface area is 181 Å². The standard InChI is InChI=1S/C22H30N4O5/c1-22(2,3)31-21(30)26-18(12-15-8-5-4-6-9-15)19(27)25-17(20(28)29)11-7-10-16-13-23-14-24-16/h4-6,8-9,13-14,17-18H,7,10-12H2,1-3H3,(H,23,24)(H,25,27)(H,26,30)(H,28,29)/t17-,18+/m0/s1. The molecule has 0 aliphatic heterocycles. The number of alkyl carbamates (subject to hydrolysis) is 1. The Morgan fingerprint density at radius 3 is 2.42 bits per heavy atom. The summed E-state index contributed by atoms with van der Waals surface area (Å²) in [5.74, 6) is -1.71. The van der Waals surface area contributed by atoms with Crippen LogP contribution in [0.3, 0.4) is 0 Å². The van der Waals surface area contributed by atoms with Crippen molar-refractivity contribution in [3.63, 3.8) is 0 Å². The van der Waals surface area contributed by atoms with Crippen molar-refractivity contribution in [1.82, 2.24) is 20.6 Å². The lowest BCUT2D eigenvalue weighted by Crippen LogP contribution is -2.53. The van der Waals surface area contributed by atoms with E-state index in [-0.39, 0.29) is 12.8 Å². The van der Waals surface area contributed by atoms with E-state index < -0.39 is 35.7 Å². The average molecular weight is 431 g/mol. The van der Waals surface area contributed by atoms with E-state index in [9.17, 15) is 19.5 Å². The lowest BCUT2D eigenvalue weighted by molar-refractivity contribution is -0.142.